The van der Waals surface area contributed by atoms with Gasteiger partial charge in [-0.2, -0.15) is 0 Å². The number of hydrogen-bond acceptors (Lipinski definition) is 8. The van der Waals surface area contributed by atoms with E-state index in [2.05, 4.69) is 33.2 Å². The maximum absolute atomic E-state index is 12.2. The summed E-state index contributed by atoms with van der Waals surface area (Å²) in [5.74, 6) is 0.954. The lowest BCUT2D eigenvalue weighted by Gasteiger charge is -2.25. The summed E-state index contributed by atoms with van der Waals surface area (Å²) >= 11 is 0. The Labute approximate surface area is 219 Å². The van der Waals surface area contributed by atoms with E-state index in [9.17, 15) is 9.59 Å². The van der Waals surface area contributed by atoms with Gasteiger partial charge in [0.2, 0.25) is 5.91 Å². The van der Waals surface area contributed by atoms with Gasteiger partial charge in [-0.25, -0.2) is 0 Å². The molecule has 0 bridgehead atoms. The van der Waals surface area contributed by atoms with Gasteiger partial charge in [0.05, 0.1) is 18.5 Å². The monoisotopic (exact) mass is 511 g/mol. The molecular formula is C27H41N7O3. The van der Waals surface area contributed by atoms with Crippen LogP contribution in [0.5, 0.6) is 5.75 Å². The minimum Gasteiger partial charge on any atom is -0.494 e. The molecule has 0 aromatic heterocycles. The molecule has 0 spiro atoms. The van der Waals surface area contributed by atoms with E-state index in [-0.39, 0.29) is 29.0 Å². The number of likely N-dealkylation sites (N-methyl/N-ethyl adjacent to an activating group) is 1. The van der Waals surface area contributed by atoms with Gasteiger partial charge in [0.1, 0.15) is 17.3 Å². The van der Waals surface area contributed by atoms with E-state index in [1.165, 1.54) is 32.6 Å². The molecule has 1 heterocycles. The lowest BCUT2D eigenvalue weighted by atomic mass is 10.0. The van der Waals surface area contributed by atoms with Crippen molar-refractivity contribution >= 4 is 29.3 Å². The van der Waals surface area contributed by atoms with Crippen molar-refractivity contribution in [3.05, 3.63) is 53.1 Å². The number of nitrogens with one attached hydrogen (secondary N) is 4. The summed E-state index contributed by atoms with van der Waals surface area (Å²) in [4.78, 5) is 28.3. The third-order valence-electron chi connectivity index (χ3n) is 6.10. The van der Waals surface area contributed by atoms with Gasteiger partial charge < -0.3 is 37.5 Å². The van der Waals surface area contributed by atoms with Crippen LogP contribution in [0.25, 0.3) is 5.57 Å². The first kappa shape index (κ1) is 29.4. The second kappa shape index (κ2) is 14.7. The Bertz CT molecular complexity index is 1070. The Kier molecular flexibility index (Phi) is 11.7. The van der Waals surface area contributed by atoms with Gasteiger partial charge in [-0.05, 0) is 50.4 Å². The lowest BCUT2D eigenvalue weighted by Crippen LogP contribution is -2.41. The van der Waals surface area contributed by atoms with Crippen LogP contribution in [-0.4, -0.2) is 52.3 Å². The number of allylic oxidation sites excluding steroid dienone is 3. The van der Waals surface area contributed by atoms with Crippen molar-refractivity contribution in [2.45, 2.75) is 33.1 Å². The second-order valence-electron chi connectivity index (χ2n) is 8.84. The van der Waals surface area contributed by atoms with Crippen molar-refractivity contribution < 1.29 is 14.3 Å². The number of methoxy groups -OCH3 is 1. The number of para-hydroxylation sites is 1. The quantitative estimate of drug-likeness (QED) is 0.160. The molecule has 2 aliphatic rings. The van der Waals surface area contributed by atoms with Crippen LogP contribution >= 0.6 is 0 Å². The summed E-state index contributed by atoms with van der Waals surface area (Å²) in [7, 11) is 4.71. The van der Waals surface area contributed by atoms with E-state index in [1.54, 1.807) is 26.4 Å². The largest absolute Gasteiger partial charge is 0.494 e. The zero-order chi connectivity index (χ0) is 27.4. The lowest BCUT2D eigenvalue weighted by molar-refractivity contribution is -0.121. The van der Waals surface area contributed by atoms with Crippen LogP contribution in [-0.2, 0) is 9.59 Å². The van der Waals surface area contributed by atoms with Crippen molar-refractivity contribution in [2.75, 3.05) is 39.6 Å². The molecule has 1 aliphatic carbocycles. The first-order chi connectivity index (χ1) is 17.8. The smallest absolute Gasteiger partial charge is 0.269 e. The Morgan fingerprint density at radius 2 is 1.95 bits per heavy atom. The van der Waals surface area contributed by atoms with Gasteiger partial charge in [0.25, 0.3) is 5.91 Å². The van der Waals surface area contributed by atoms with Gasteiger partial charge in [-0.15, -0.1) is 0 Å². The molecule has 10 nitrogen and oxygen atoms in total. The highest BCUT2D eigenvalue weighted by molar-refractivity contribution is 6.11. The third kappa shape index (κ3) is 8.68. The number of rotatable bonds is 10. The molecule has 2 fully saturated rings. The maximum atomic E-state index is 12.2. The number of carbonyl (C=O) groups is 2. The van der Waals surface area contributed by atoms with Crippen molar-refractivity contribution in [1.82, 2.24) is 16.0 Å². The minimum atomic E-state index is -0.498. The normalized spacial score (nSPS) is 16.7. The van der Waals surface area contributed by atoms with Crippen molar-refractivity contribution in [3.8, 4) is 5.75 Å². The number of anilines is 1. The van der Waals surface area contributed by atoms with Gasteiger partial charge >= 0.3 is 0 Å². The van der Waals surface area contributed by atoms with Crippen LogP contribution in [0.4, 0.5) is 5.69 Å². The van der Waals surface area contributed by atoms with Crippen LogP contribution in [0.15, 0.2) is 52.6 Å². The van der Waals surface area contributed by atoms with Gasteiger partial charge in [-0.1, -0.05) is 31.6 Å². The van der Waals surface area contributed by atoms with Crippen LogP contribution < -0.4 is 37.5 Å². The molecule has 1 aromatic rings. The fourth-order valence-electron chi connectivity index (χ4n) is 3.52. The summed E-state index contributed by atoms with van der Waals surface area (Å²) in [5, 5.41) is 11.4. The fraction of sp³-hybridized carbons (Fsp3) is 0.444. The van der Waals surface area contributed by atoms with E-state index in [1.807, 2.05) is 25.1 Å². The third-order valence-corrected chi connectivity index (χ3v) is 6.10. The number of benzene rings is 1. The van der Waals surface area contributed by atoms with Crippen molar-refractivity contribution in [2.24, 2.45) is 28.3 Å². The number of amides is 2. The number of aliphatic imine (C=N–C) groups is 1. The number of nitrogens with zero attached hydrogens (tertiary/aromatic N) is 1. The molecule has 1 aromatic carbocycles. The molecule has 10 heteroatoms. The Morgan fingerprint density at radius 1 is 1.24 bits per heavy atom. The van der Waals surface area contributed by atoms with E-state index in [0.29, 0.717) is 11.4 Å². The molecule has 0 atom stereocenters. The predicted octanol–water partition coefficient (Wildman–Crippen LogP) is 2.07. The molecule has 1 aliphatic heterocycles. The maximum Gasteiger partial charge on any atom is 0.269 e. The van der Waals surface area contributed by atoms with Gasteiger partial charge in [0.15, 0.2) is 0 Å². The topological polar surface area (TPSA) is 156 Å². The van der Waals surface area contributed by atoms with E-state index >= 15 is 0 Å². The number of hydrogen-bond donors (Lipinski definition) is 6. The molecule has 0 unspecified atom stereocenters. The summed E-state index contributed by atoms with van der Waals surface area (Å²) in [6.45, 7) is 6.66. The molecular weight excluding hydrogens is 470 g/mol. The average molecular weight is 512 g/mol. The Hall–Kier alpha value is -3.79. The minimum absolute atomic E-state index is 0.0140. The summed E-state index contributed by atoms with van der Waals surface area (Å²) < 4.78 is 5.63. The van der Waals surface area contributed by atoms with Crippen LogP contribution in [0.2, 0.25) is 0 Å². The highest BCUT2D eigenvalue weighted by Gasteiger charge is 2.29. The zero-order valence-electron chi connectivity index (χ0n) is 22.5. The zero-order valence-corrected chi connectivity index (χ0v) is 22.5. The molecule has 0 radical (unpaired) electrons. The van der Waals surface area contributed by atoms with E-state index in [0.717, 1.165) is 29.9 Å². The highest BCUT2D eigenvalue weighted by atomic mass is 16.5. The van der Waals surface area contributed by atoms with Gasteiger partial charge in [0, 0.05) is 37.9 Å². The number of ether oxygens (including phenoxy) is 1. The van der Waals surface area contributed by atoms with Crippen LogP contribution in [0.1, 0.15) is 38.7 Å². The molecule has 37 heavy (non-hydrogen) atoms. The summed E-state index contributed by atoms with van der Waals surface area (Å²) in [6, 6.07) is 5.51. The highest BCUT2D eigenvalue weighted by Crippen LogP contribution is 2.34. The average Bonchev–Trinajstić information content (AvgIpc) is 3.71. The van der Waals surface area contributed by atoms with Crippen molar-refractivity contribution in [1.29, 1.82) is 0 Å². The Morgan fingerprint density at radius 3 is 2.41 bits per heavy atom. The molecule has 202 valence electrons. The summed E-state index contributed by atoms with van der Waals surface area (Å²) in [5.41, 5.74) is 14.4. The van der Waals surface area contributed by atoms with E-state index < -0.39 is 5.91 Å². The molecule has 2 amide bonds. The fourth-order valence-corrected chi connectivity index (χ4v) is 3.52. The second-order valence-corrected chi connectivity index (χ2v) is 8.84. The SMILES string of the molecule is C/C=C(\C=NC)c1cccc(NC(/C=C(\N)NC(=O)C2CC2)=C(/N)C(=O)NC)c1OC.CCC1CNC1. The van der Waals surface area contributed by atoms with Crippen molar-refractivity contribution in [3.63, 3.8) is 0 Å². The molecule has 1 saturated heterocycles. The first-order valence-electron chi connectivity index (χ1n) is 12.5. The summed E-state index contributed by atoms with van der Waals surface area (Å²) in [6.07, 6.45) is 8.10. The van der Waals surface area contributed by atoms with Gasteiger partial charge in [-0.3, -0.25) is 14.6 Å². The number of carbonyl (C=O) groups excluding carboxylic acids is 2. The van der Waals surface area contributed by atoms with Crippen LogP contribution in [0.3, 0.4) is 0 Å². The molecule has 3 rings (SSSR count). The van der Waals surface area contributed by atoms with E-state index in [4.69, 9.17) is 16.2 Å². The first-order valence-corrected chi connectivity index (χ1v) is 12.5. The molecule has 1 saturated carbocycles. The number of nitrogens with two attached hydrogens (primary N) is 2. The standard InChI is InChI=1S/C22H30N6O3.C5H11N/c1-5-13(12-25-2)15-7-6-8-16(20(15)31-4)27-17(19(24)22(30)26-3)11-18(23)28-21(29)14-9-10-14;1-2-5-3-6-4-5/h5-8,11-12,14,27H,9-10,23-24H2,1-4H3,(H,26,30)(H,28,29);5-6H,2-4H2,1H3/b13-5+,18-11+,19-17+,25-12?;. The predicted molar refractivity (Wildman–Crippen MR) is 150 cm³/mol. The Balaban J connectivity index is 0.000000700. The molecule has 8 N–H and O–H groups in total. The van der Waals surface area contributed by atoms with Crippen LogP contribution in [0, 0.1) is 11.8 Å².